The Morgan fingerprint density at radius 2 is 2.18 bits per heavy atom. The zero-order valence-electron chi connectivity index (χ0n) is 11.4. The molecule has 1 heterocycles. The maximum absolute atomic E-state index is 5.19. The number of nitrogens with one attached hydrogen (secondary N) is 1. The monoisotopic (exact) mass is 257 g/mol. The number of methoxy groups -OCH3 is 1. The van der Waals surface area contributed by atoms with Crippen LogP contribution in [-0.4, -0.2) is 32.7 Å². The van der Waals surface area contributed by atoms with Crippen molar-refractivity contribution in [3.8, 4) is 0 Å². The molecule has 0 amide bonds. The Bertz CT molecular complexity index is 315. The van der Waals surface area contributed by atoms with Gasteiger partial charge in [-0.3, -0.25) is 0 Å². The van der Waals surface area contributed by atoms with E-state index < -0.39 is 0 Å². The van der Waals surface area contributed by atoms with Crippen LogP contribution in [0.2, 0.25) is 0 Å². The molecule has 0 unspecified atom stereocenters. The maximum atomic E-state index is 5.19. The Morgan fingerprint density at radius 1 is 1.47 bits per heavy atom. The summed E-state index contributed by atoms with van der Waals surface area (Å²) < 4.78 is 5.19. The molecule has 1 rings (SSSR count). The third-order valence-electron chi connectivity index (χ3n) is 2.35. The number of nitrogens with zero attached hydrogens (tertiary/aromatic N) is 2. The summed E-state index contributed by atoms with van der Waals surface area (Å²) >= 11 is 1.75. The van der Waals surface area contributed by atoms with Crippen LogP contribution in [0.5, 0.6) is 0 Å². The normalized spacial score (nSPS) is 11.2. The van der Waals surface area contributed by atoms with Gasteiger partial charge in [0.25, 0.3) is 0 Å². The third kappa shape index (κ3) is 4.26. The molecule has 1 aromatic heterocycles. The van der Waals surface area contributed by atoms with Gasteiger partial charge in [-0.25, -0.2) is 4.98 Å². The molecule has 1 aromatic rings. The highest BCUT2D eigenvalue weighted by atomic mass is 32.1. The standard InChI is InChI=1S/C12H23N3OS/c1-9(2)7-15(4)12-14-10(8-16-5)11(17-12)6-13-3/h9,13H,6-8H2,1-5H3. The number of hydrogen-bond acceptors (Lipinski definition) is 5. The van der Waals surface area contributed by atoms with Gasteiger partial charge in [0.15, 0.2) is 5.13 Å². The van der Waals surface area contributed by atoms with E-state index in [0.29, 0.717) is 12.5 Å². The second-order valence-electron chi connectivity index (χ2n) is 4.60. The first-order chi connectivity index (χ1) is 8.08. The second-order valence-corrected chi connectivity index (χ2v) is 5.67. The van der Waals surface area contributed by atoms with Crippen molar-refractivity contribution in [1.29, 1.82) is 0 Å². The van der Waals surface area contributed by atoms with Crippen molar-refractivity contribution in [2.24, 2.45) is 5.92 Å². The van der Waals surface area contributed by atoms with Crippen LogP contribution in [0.1, 0.15) is 24.4 Å². The quantitative estimate of drug-likeness (QED) is 0.812. The minimum atomic E-state index is 0.586. The van der Waals surface area contributed by atoms with E-state index >= 15 is 0 Å². The summed E-state index contributed by atoms with van der Waals surface area (Å²) in [5.74, 6) is 0.641. The summed E-state index contributed by atoms with van der Waals surface area (Å²) in [5, 5.41) is 4.25. The van der Waals surface area contributed by atoms with Crippen molar-refractivity contribution in [2.45, 2.75) is 27.0 Å². The molecule has 0 aliphatic heterocycles. The summed E-state index contributed by atoms with van der Waals surface area (Å²) in [5.41, 5.74) is 1.05. The van der Waals surface area contributed by atoms with Crippen molar-refractivity contribution >= 4 is 16.5 Å². The van der Waals surface area contributed by atoms with Crippen LogP contribution in [0.4, 0.5) is 5.13 Å². The Kier molecular flexibility index (Phi) is 5.88. The van der Waals surface area contributed by atoms with Gasteiger partial charge in [0, 0.05) is 32.1 Å². The molecule has 0 bridgehead atoms. The summed E-state index contributed by atoms with van der Waals surface area (Å²) in [7, 11) is 5.76. The van der Waals surface area contributed by atoms with E-state index in [2.05, 4.69) is 36.1 Å². The molecule has 98 valence electrons. The molecule has 0 saturated carbocycles. The van der Waals surface area contributed by atoms with Gasteiger partial charge in [0.1, 0.15) is 0 Å². The fourth-order valence-electron chi connectivity index (χ4n) is 1.71. The van der Waals surface area contributed by atoms with Crippen molar-refractivity contribution in [3.63, 3.8) is 0 Å². The van der Waals surface area contributed by atoms with Crippen LogP contribution in [0.15, 0.2) is 0 Å². The van der Waals surface area contributed by atoms with E-state index in [0.717, 1.165) is 23.9 Å². The second kappa shape index (κ2) is 6.93. The Morgan fingerprint density at radius 3 is 2.71 bits per heavy atom. The van der Waals surface area contributed by atoms with Crippen LogP contribution in [0, 0.1) is 5.92 Å². The van der Waals surface area contributed by atoms with Crippen molar-refractivity contribution in [2.75, 3.05) is 32.6 Å². The molecule has 0 radical (unpaired) electrons. The lowest BCUT2D eigenvalue weighted by Crippen LogP contribution is -2.22. The molecule has 0 aliphatic carbocycles. The molecule has 0 atom stereocenters. The smallest absolute Gasteiger partial charge is 0.185 e. The summed E-state index contributed by atoms with van der Waals surface area (Å²) in [6.07, 6.45) is 0. The van der Waals surface area contributed by atoms with Crippen molar-refractivity contribution in [3.05, 3.63) is 10.6 Å². The molecule has 0 aromatic carbocycles. The zero-order chi connectivity index (χ0) is 12.8. The van der Waals surface area contributed by atoms with Gasteiger partial charge in [0.2, 0.25) is 0 Å². The van der Waals surface area contributed by atoms with Crippen LogP contribution in [0.3, 0.4) is 0 Å². The molecular weight excluding hydrogens is 234 g/mol. The van der Waals surface area contributed by atoms with Crippen LogP contribution in [-0.2, 0) is 17.9 Å². The van der Waals surface area contributed by atoms with Gasteiger partial charge in [-0.05, 0) is 13.0 Å². The summed E-state index contributed by atoms with van der Waals surface area (Å²) in [6, 6.07) is 0. The number of ether oxygens (including phenoxy) is 1. The average molecular weight is 257 g/mol. The molecule has 4 nitrogen and oxygen atoms in total. The molecular formula is C12H23N3OS. The van der Waals surface area contributed by atoms with E-state index in [1.54, 1.807) is 18.4 Å². The predicted molar refractivity (Wildman–Crippen MR) is 73.7 cm³/mol. The largest absolute Gasteiger partial charge is 0.378 e. The lowest BCUT2D eigenvalue weighted by atomic mass is 10.2. The average Bonchev–Trinajstić information content (AvgIpc) is 2.62. The zero-order valence-corrected chi connectivity index (χ0v) is 12.2. The van der Waals surface area contributed by atoms with Crippen LogP contribution < -0.4 is 10.2 Å². The molecule has 5 heteroatoms. The maximum Gasteiger partial charge on any atom is 0.185 e. The highest BCUT2D eigenvalue weighted by molar-refractivity contribution is 7.15. The first-order valence-corrected chi connectivity index (χ1v) is 6.73. The fourth-order valence-corrected chi connectivity index (χ4v) is 2.75. The first-order valence-electron chi connectivity index (χ1n) is 5.91. The molecule has 0 spiro atoms. The molecule has 1 N–H and O–H groups in total. The van der Waals surface area contributed by atoms with E-state index in [9.17, 15) is 0 Å². The van der Waals surface area contributed by atoms with Gasteiger partial charge in [-0.1, -0.05) is 13.8 Å². The summed E-state index contributed by atoms with van der Waals surface area (Å²) in [4.78, 5) is 8.13. The van der Waals surface area contributed by atoms with E-state index in [4.69, 9.17) is 4.74 Å². The Hall–Kier alpha value is -0.650. The highest BCUT2D eigenvalue weighted by Crippen LogP contribution is 2.26. The van der Waals surface area contributed by atoms with Crippen LogP contribution >= 0.6 is 11.3 Å². The van der Waals surface area contributed by atoms with Crippen LogP contribution in [0.25, 0.3) is 0 Å². The number of rotatable bonds is 7. The van der Waals surface area contributed by atoms with Crippen molar-refractivity contribution in [1.82, 2.24) is 10.3 Å². The number of thiazole rings is 1. The predicted octanol–water partition coefficient (Wildman–Crippen LogP) is 2.10. The molecule has 0 aliphatic rings. The van der Waals surface area contributed by atoms with Gasteiger partial charge in [-0.15, -0.1) is 11.3 Å². The molecule has 0 saturated heterocycles. The number of aromatic nitrogens is 1. The summed E-state index contributed by atoms with van der Waals surface area (Å²) in [6.45, 7) is 6.90. The van der Waals surface area contributed by atoms with Gasteiger partial charge < -0.3 is 15.0 Å². The minimum absolute atomic E-state index is 0.586. The Labute approximate surface area is 108 Å². The van der Waals surface area contributed by atoms with Gasteiger partial charge in [0.05, 0.1) is 12.3 Å². The minimum Gasteiger partial charge on any atom is -0.378 e. The van der Waals surface area contributed by atoms with Gasteiger partial charge in [-0.2, -0.15) is 0 Å². The topological polar surface area (TPSA) is 37.4 Å². The molecule has 0 fully saturated rings. The van der Waals surface area contributed by atoms with E-state index in [1.807, 2.05) is 7.05 Å². The number of anilines is 1. The lowest BCUT2D eigenvalue weighted by Gasteiger charge is -2.17. The lowest BCUT2D eigenvalue weighted by molar-refractivity contribution is 0.181. The highest BCUT2D eigenvalue weighted by Gasteiger charge is 2.14. The fraction of sp³-hybridized carbons (Fsp3) is 0.750. The SMILES string of the molecule is CNCc1sc(N(C)CC(C)C)nc1COC. The van der Waals surface area contributed by atoms with E-state index in [-0.39, 0.29) is 0 Å². The first kappa shape index (κ1) is 14.4. The van der Waals surface area contributed by atoms with Gasteiger partial charge >= 0.3 is 0 Å². The van der Waals surface area contributed by atoms with Crippen molar-refractivity contribution < 1.29 is 4.74 Å². The van der Waals surface area contributed by atoms with E-state index in [1.165, 1.54) is 4.88 Å². The Balaban J connectivity index is 2.82. The third-order valence-corrected chi connectivity index (χ3v) is 3.56. The molecule has 17 heavy (non-hydrogen) atoms. The number of hydrogen-bond donors (Lipinski definition) is 1.